The van der Waals surface area contributed by atoms with Crippen LogP contribution in [0.5, 0.6) is 0 Å². The average molecular weight is 460 g/mol. The topological polar surface area (TPSA) is 90.4 Å². The standard InChI is InChI=1S/C26H29N5O3/c1-16(2)30-24(33)21-12-11-19(23(32)27-20-9-4-5-10-20)14-22(21)31-25(30)28-29(26(31)34)15-18-8-6-7-17(3)13-18/h6-8,11-14,16,20H,4-5,9-10,15H2,1-3H3,(H,27,32). The van der Waals surface area contributed by atoms with Gasteiger partial charge in [-0.3, -0.25) is 14.2 Å². The Balaban J connectivity index is 1.69. The minimum absolute atomic E-state index is 0.178. The Bertz CT molecular complexity index is 1520. The van der Waals surface area contributed by atoms with Crippen molar-refractivity contribution in [2.45, 2.75) is 65.1 Å². The van der Waals surface area contributed by atoms with Crippen molar-refractivity contribution >= 4 is 22.6 Å². The van der Waals surface area contributed by atoms with E-state index in [0.717, 1.165) is 36.8 Å². The molecule has 0 spiro atoms. The maximum atomic E-state index is 13.5. The number of nitrogens with one attached hydrogen (secondary N) is 1. The van der Waals surface area contributed by atoms with Crippen LogP contribution in [0.1, 0.15) is 67.1 Å². The number of benzene rings is 2. The molecule has 0 radical (unpaired) electrons. The summed E-state index contributed by atoms with van der Waals surface area (Å²) in [6, 6.07) is 12.8. The SMILES string of the molecule is Cc1cccc(Cn2nc3n(C(C)C)c(=O)c4ccc(C(=O)NC5CCCC5)cc4n3c2=O)c1. The summed E-state index contributed by atoms with van der Waals surface area (Å²) >= 11 is 0. The van der Waals surface area contributed by atoms with Crippen LogP contribution in [0.2, 0.25) is 0 Å². The summed E-state index contributed by atoms with van der Waals surface area (Å²) in [4.78, 5) is 39.8. The van der Waals surface area contributed by atoms with Crippen molar-refractivity contribution < 1.29 is 4.79 Å². The van der Waals surface area contributed by atoms with Gasteiger partial charge in [-0.15, -0.1) is 5.10 Å². The molecule has 1 fully saturated rings. The van der Waals surface area contributed by atoms with Crippen LogP contribution in [0.15, 0.2) is 52.1 Å². The van der Waals surface area contributed by atoms with Crippen LogP contribution in [-0.4, -0.2) is 30.7 Å². The Kier molecular flexibility index (Phi) is 5.59. The lowest BCUT2D eigenvalue weighted by Gasteiger charge is -2.14. The van der Waals surface area contributed by atoms with E-state index in [1.165, 1.54) is 13.6 Å². The second kappa shape index (κ2) is 8.59. The molecule has 2 heterocycles. The second-order valence-electron chi connectivity index (χ2n) is 9.52. The molecular weight excluding hydrogens is 430 g/mol. The van der Waals surface area contributed by atoms with Gasteiger partial charge in [0.2, 0.25) is 5.78 Å². The molecule has 8 heteroatoms. The molecule has 2 aromatic carbocycles. The Morgan fingerprint density at radius 2 is 1.88 bits per heavy atom. The molecule has 0 unspecified atom stereocenters. The number of aromatic nitrogens is 4. The van der Waals surface area contributed by atoms with E-state index in [1.54, 1.807) is 18.2 Å². The van der Waals surface area contributed by atoms with Gasteiger partial charge in [0.05, 0.1) is 17.4 Å². The van der Waals surface area contributed by atoms with E-state index in [1.807, 2.05) is 45.0 Å². The van der Waals surface area contributed by atoms with E-state index in [9.17, 15) is 14.4 Å². The molecule has 1 aliphatic rings. The number of nitrogens with zero attached hydrogens (tertiary/aromatic N) is 4. The summed E-state index contributed by atoms with van der Waals surface area (Å²) in [6.45, 7) is 6.07. The maximum Gasteiger partial charge on any atom is 0.352 e. The third-order valence-corrected chi connectivity index (χ3v) is 6.61. The highest BCUT2D eigenvalue weighted by molar-refractivity contribution is 5.98. The molecule has 176 valence electrons. The number of rotatable bonds is 5. The fraction of sp³-hybridized carbons (Fsp3) is 0.385. The van der Waals surface area contributed by atoms with Crippen molar-refractivity contribution in [1.82, 2.24) is 24.1 Å². The number of fused-ring (bicyclic) bond motifs is 3. The third-order valence-electron chi connectivity index (χ3n) is 6.61. The minimum Gasteiger partial charge on any atom is -0.349 e. The summed E-state index contributed by atoms with van der Waals surface area (Å²) in [6.07, 6.45) is 4.20. The van der Waals surface area contributed by atoms with Crippen LogP contribution in [-0.2, 0) is 6.54 Å². The van der Waals surface area contributed by atoms with Gasteiger partial charge in [0.15, 0.2) is 0 Å². The zero-order valence-corrected chi connectivity index (χ0v) is 19.7. The molecule has 4 aromatic rings. The first-order chi connectivity index (χ1) is 16.3. The molecule has 1 aliphatic carbocycles. The lowest BCUT2D eigenvalue weighted by Crippen LogP contribution is -2.33. The minimum atomic E-state index is -0.343. The quantitative estimate of drug-likeness (QED) is 0.495. The number of hydrogen-bond donors (Lipinski definition) is 1. The third kappa shape index (κ3) is 3.83. The lowest BCUT2D eigenvalue weighted by molar-refractivity contribution is 0.0938. The van der Waals surface area contributed by atoms with Gasteiger partial charge in [-0.1, -0.05) is 42.7 Å². The molecule has 34 heavy (non-hydrogen) atoms. The Hall–Kier alpha value is -3.68. The normalized spacial score (nSPS) is 14.5. The van der Waals surface area contributed by atoms with Crippen molar-refractivity contribution in [2.75, 3.05) is 0 Å². The summed E-state index contributed by atoms with van der Waals surface area (Å²) in [5.74, 6) is 0.0914. The molecule has 0 saturated heterocycles. The molecule has 1 amide bonds. The van der Waals surface area contributed by atoms with E-state index >= 15 is 0 Å². The van der Waals surface area contributed by atoms with Crippen molar-refractivity contribution in [2.24, 2.45) is 0 Å². The fourth-order valence-corrected chi connectivity index (χ4v) is 4.91. The van der Waals surface area contributed by atoms with Crippen LogP contribution >= 0.6 is 0 Å². The molecule has 0 atom stereocenters. The Morgan fingerprint density at radius 1 is 1.12 bits per heavy atom. The van der Waals surface area contributed by atoms with Crippen molar-refractivity contribution in [3.05, 3.63) is 80.0 Å². The maximum absolute atomic E-state index is 13.5. The average Bonchev–Trinajstić information content (AvgIpc) is 3.41. The van der Waals surface area contributed by atoms with Crippen molar-refractivity contribution in [1.29, 1.82) is 0 Å². The van der Waals surface area contributed by atoms with Crippen LogP contribution in [0.25, 0.3) is 16.7 Å². The summed E-state index contributed by atoms with van der Waals surface area (Å²) in [5, 5.41) is 8.02. The summed E-state index contributed by atoms with van der Waals surface area (Å²) in [5.41, 5.74) is 2.30. The van der Waals surface area contributed by atoms with Gasteiger partial charge in [-0.25, -0.2) is 13.9 Å². The molecular formula is C26H29N5O3. The number of carbonyl (C=O) groups is 1. The second-order valence-corrected chi connectivity index (χ2v) is 9.52. The fourth-order valence-electron chi connectivity index (χ4n) is 4.91. The van der Waals surface area contributed by atoms with Crippen LogP contribution in [0.4, 0.5) is 0 Å². The first-order valence-corrected chi connectivity index (χ1v) is 11.9. The lowest BCUT2D eigenvalue weighted by atomic mass is 10.1. The summed E-state index contributed by atoms with van der Waals surface area (Å²) in [7, 11) is 0. The predicted molar refractivity (Wildman–Crippen MR) is 132 cm³/mol. The number of aryl methyl sites for hydroxylation is 1. The van der Waals surface area contributed by atoms with Gasteiger partial charge in [-0.2, -0.15) is 0 Å². The van der Waals surface area contributed by atoms with Crippen LogP contribution < -0.4 is 16.6 Å². The smallest absolute Gasteiger partial charge is 0.349 e. The van der Waals surface area contributed by atoms with Crippen molar-refractivity contribution in [3.8, 4) is 0 Å². The van der Waals surface area contributed by atoms with E-state index in [-0.39, 0.29) is 41.6 Å². The highest BCUT2D eigenvalue weighted by Crippen LogP contribution is 2.20. The van der Waals surface area contributed by atoms with Crippen molar-refractivity contribution in [3.63, 3.8) is 0 Å². The van der Waals surface area contributed by atoms with Gasteiger partial charge in [0.25, 0.3) is 11.5 Å². The van der Waals surface area contributed by atoms with E-state index in [2.05, 4.69) is 10.4 Å². The highest BCUT2D eigenvalue weighted by Gasteiger charge is 2.22. The highest BCUT2D eigenvalue weighted by atomic mass is 16.2. The van der Waals surface area contributed by atoms with Gasteiger partial charge in [0.1, 0.15) is 0 Å². The summed E-state index contributed by atoms with van der Waals surface area (Å²) < 4.78 is 4.38. The van der Waals surface area contributed by atoms with E-state index in [0.29, 0.717) is 16.5 Å². The molecule has 5 rings (SSSR count). The predicted octanol–water partition coefficient (Wildman–Crippen LogP) is 3.42. The number of hydrogen-bond acceptors (Lipinski definition) is 4. The zero-order chi connectivity index (χ0) is 24.0. The van der Waals surface area contributed by atoms with Crippen LogP contribution in [0.3, 0.4) is 0 Å². The molecule has 8 nitrogen and oxygen atoms in total. The van der Waals surface area contributed by atoms with Gasteiger partial charge in [0, 0.05) is 17.6 Å². The first kappa shape index (κ1) is 22.1. The first-order valence-electron chi connectivity index (χ1n) is 11.9. The number of carbonyl (C=O) groups excluding carboxylic acids is 1. The molecule has 0 aliphatic heterocycles. The number of amides is 1. The van der Waals surface area contributed by atoms with Gasteiger partial charge >= 0.3 is 5.69 Å². The van der Waals surface area contributed by atoms with E-state index < -0.39 is 0 Å². The van der Waals surface area contributed by atoms with E-state index in [4.69, 9.17) is 0 Å². The monoisotopic (exact) mass is 459 g/mol. The Labute approximate surface area is 196 Å². The molecule has 2 aromatic heterocycles. The zero-order valence-electron chi connectivity index (χ0n) is 19.7. The van der Waals surface area contributed by atoms with Crippen LogP contribution in [0, 0.1) is 6.92 Å². The molecule has 0 bridgehead atoms. The largest absolute Gasteiger partial charge is 0.352 e. The molecule has 1 saturated carbocycles. The molecule has 1 N–H and O–H groups in total. The Morgan fingerprint density at radius 3 is 2.59 bits per heavy atom. The van der Waals surface area contributed by atoms with Gasteiger partial charge in [-0.05, 0) is 57.4 Å². The van der Waals surface area contributed by atoms with Gasteiger partial charge < -0.3 is 5.32 Å².